The van der Waals surface area contributed by atoms with Crippen LogP contribution in [-0.2, 0) is 9.59 Å². The lowest BCUT2D eigenvalue weighted by atomic mass is 10.2. The molecule has 1 aromatic rings. The monoisotopic (exact) mass is 273 g/mol. The summed E-state index contributed by atoms with van der Waals surface area (Å²) in [5.74, 6) is -1.14. The lowest BCUT2D eigenvalue weighted by Gasteiger charge is -2.08. The van der Waals surface area contributed by atoms with Gasteiger partial charge < -0.3 is 10.4 Å². The van der Waals surface area contributed by atoms with Gasteiger partial charge in [0.25, 0.3) is 0 Å². The number of anilines is 1. The molecule has 1 rings (SSSR count). The van der Waals surface area contributed by atoms with E-state index in [9.17, 15) is 9.59 Å². The van der Waals surface area contributed by atoms with E-state index in [0.717, 1.165) is 17.3 Å². The van der Waals surface area contributed by atoms with Crippen molar-refractivity contribution in [3.8, 4) is 0 Å². The van der Waals surface area contributed by atoms with E-state index in [1.807, 2.05) is 6.92 Å². The summed E-state index contributed by atoms with van der Waals surface area (Å²) in [5, 5.41) is 11.7. The summed E-state index contributed by atoms with van der Waals surface area (Å²) in [5.41, 5.74) is 1.45. The standard InChI is InChI=1S/C11H12ClNO3S/c1-7-8(12)3-2-4-9(7)13-10(14)5-17-6-11(15)16/h2-4H,5-6H2,1H3,(H,13,14)(H,15,16). The largest absolute Gasteiger partial charge is 0.481 e. The van der Waals surface area contributed by atoms with Crippen molar-refractivity contribution in [2.24, 2.45) is 0 Å². The Hall–Kier alpha value is -1.20. The molecule has 0 atom stereocenters. The van der Waals surface area contributed by atoms with Crippen LogP contribution in [0.25, 0.3) is 0 Å². The summed E-state index contributed by atoms with van der Waals surface area (Å²) in [4.78, 5) is 21.8. The van der Waals surface area contributed by atoms with Crippen LogP contribution < -0.4 is 5.32 Å². The molecular weight excluding hydrogens is 262 g/mol. The summed E-state index contributed by atoms with van der Waals surface area (Å²) in [6.45, 7) is 1.81. The first-order valence-corrected chi connectivity index (χ1v) is 6.38. The summed E-state index contributed by atoms with van der Waals surface area (Å²) in [6.07, 6.45) is 0. The van der Waals surface area contributed by atoms with Gasteiger partial charge in [0.2, 0.25) is 5.91 Å². The Morgan fingerprint density at radius 1 is 1.41 bits per heavy atom. The Morgan fingerprint density at radius 2 is 2.12 bits per heavy atom. The van der Waals surface area contributed by atoms with Gasteiger partial charge in [0.15, 0.2) is 0 Å². The summed E-state index contributed by atoms with van der Waals surface area (Å²) in [6, 6.07) is 5.24. The van der Waals surface area contributed by atoms with Crippen molar-refractivity contribution in [1.82, 2.24) is 0 Å². The number of hydrogen-bond acceptors (Lipinski definition) is 3. The van der Waals surface area contributed by atoms with Crippen LogP contribution in [0.5, 0.6) is 0 Å². The molecule has 0 heterocycles. The van der Waals surface area contributed by atoms with E-state index in [4.69, 9.17) is 16.7 Å². The van der Waals surface area contributed by atoms with Crippen LogP contribution in [0.3, 0.4) is 0 Å². The first kappa shape index (κ1) is 13.9. The predicted octanol–water partition coefficient (Wildman–Crippen LogP) is 2.40. The number of carboxylic acid groups (broad SMARTS) is 1. The molecule has 6 heteroatoms. The number of halogens is 1. The van der Waals surface area contributed by atoms with E-state index in [0.29, 0.717) is 10.7 Å². The number of nitrogens with one attached hydrogen (secondary N) is 1. The number of hydrogen-bond donors (Lipinski definition) is 2. The molecule has 4 nitrogen and oxygen atoms in total. The van der Waals surface area contributed by atoms with Gasteiger partial charge in [-0.2, -0.15) is 0 Å². The molecule has 0 aliphatic carbocycles. The van der Waals surface area contributed by atoms with E-state index < -0.39 is 5.97 Å². The zero-order valence-electron chi connectivity index (χ0n) is 9.20. The first-order valence-electron chi connectivity index (χ1n) is 4.85. The highest BCUT2D eigenvalue weighted by Gasteiger charge is 2.07. The van der Waals surface area contributed by atoms with Crippen LogP contribution in [0.2, 0.25) is 5.02 Å². The van der Waals surface area contributed by atoms with Crippen molar-refractivity contribution in [2.45, 2.75) is 6.92 Å². The second-order valence-electron chi connectivity index (χ2n) is 3.35. The summed E-state index contributed by atoms with van der Waals surface area (Å²) in [7, 11) is 0. The van der Waals surface area contributed by atoms with Crippen LogP contribution in [-0.4, -0.2) is 28.5 Å². The molecule has 0 saturated heterocycles. The number of rotatable bonds is 5. The average Bonchev–Trinajstić information content (AvgIpc) is 2.24. The Labute approximate surface area is 108 Å². The fourth-order valence-electron chi connectivity index (χ4n) is 1.16. The molecule has 92 valence electrons. The van der Waals surface area contributed by atoms with Crippen LogP contribution >= 0.6 is 23.4 Å². The molecule has 1 aromatic carbocycles. The summed E-state index contributed by atoms with van der Waals surface area (Å²) < 4.78 is 0. The molecule has 0 bridgehead atoms. The topological polar surface area (TPSA) is 66.4 Å². The molecule has 0 aromatic heterocycles. The number of benzene rings is 1. The Kier molecular flexibility index (Phi) is 5.31. The molecule has 0 aliphatic heterocycles. The lowest BCUT2D eigenvalue weighted by molar-refractivity contribution is -0.133. The first-order chi connectivity index (χ1) is 8.00. The van der Waals surface area contributed by atoms with Gasteiger partial charge in [-0.25, -0.2) is 0 Å². The number of carboxylic acids is 1. The third-order valence-corrected chi connectivity index (χ3v) is 3.33. The molecule has 0 saturated carbocycles. The highest BCUT2D eigenvalue weighted by atomic mass is 35.5. The van der Waals surface area contributed by atoms with Crippen molar-refractivity contribution in [3.63, 3.8) is 0 Å². The van der Waals surface area contributed by atoms with Gasteiger partial charge in [0.05, 0.1) is 11.5 Å². The van der Waals surface area contributed by atoms with Gasteiger partial charge in [0, 0.05) is 10.7 Å². The molecule has 1 amide bonds. The van der Waals surface area contributed by atoms with Gasteiger partial charge in [0.1, 0.15) is 0 Å². The molecule has 0 spiro atoms. The Balaban J connectivity index is 2.51. The molecule has 0 aliphatic rings. The van der Waals surface area contributed by atoms with Gasteiger partial charge in [-0.15, -0.1) is 11.8 Å². The lowest BCUT2D eigenvalue weighted by Crippen LogP contribution is -2.16. The van der Waals surface area contributed by atoms with Crippen LogP contribution in [0.4, 0.5) is 5.69 Å². The van der Waals surface area contributed by atoms with Gasteiger partial charge in [-0.1, -0.05) is 17.7 Å². The van der Waals surface area contributed by atoms with Gasteiger partial charge in [-0.05, 0) is 24.6 Å². The SMILES string of the molecule is Cc1c(Cl)cccc1NC(=O)CSCC(=O)O. The van der Waals surface area contributed by atoms with E-state index in [2.05, 4.69) is 5.32 Å². The van der Waals surface area contributed by atoms with E-state index in [-0.39, 0.29) is 17.4 Å². The van der Waals surface area contributed by atoms with Gasteiger partial charge in [-0.3, -0.25) is 9.59 Å². The highest BCUT2D eigenvalue weighted by molar-refractivity contribution is 8.00. The fraction of sp³-hybridized carbons (Fsp3) is 0.273. The van der Waals surface area contributed by atoms with Crippen molar-refractivity contribution in [1.29, 1.82) is 0 Å². The summed E-state index contributed by atoms with van der Waals surface area (Å²) >= 11 is 6.96. The van der Waals surface area contributed by atoms with Crippen molar-refractivity contribution < 1.29 is 14.7 Å². The average molecular weight is 274 g/mol. The second kappa shape index (κ2) is 6.51. The smallest absolute Gasteiger partial charge is 0.313 e. The van der Waals surface area contributed by atoms with Crippen LogP contribution in [0, 0.1) is 6.92 Å². The fourth-order valence-corrected chi connectivity index (χ4v) is 1.87. The maximum atomic E-state index is 11.5. The third-order valence-electron chi connectivity index (χ3n) is 2.00. The molecule has 0 fully saturated rings. The second-order valence-corrected chi connectivity index (χ2v) is 4.74. The van der Waals surface area contributed by atoms with Crippen molar-refractivity contribution >= 4 is 40.9 Å². The van der Waals surface area contributed by atoms with Crippen LogP contribution in [0.1, 0.15) is 5.56 Å². The molecule has 2 N–H and O–H groups in total. The number of carbonyl (C=O) groups excluding carboxylic acids is 1. The third kappa shape index (κ3) is 4.66. The molecule has 0 radical (unpaired) electrons. The number of carbonyl (C=O) groups is 2. The van der Waals surface area contributed by atoms with Gasteiger partial charge >= 0.3 is 5.97 Å². The number of aliphatic carboxylic acids is 1. The van der Waals surface area contributed by atoms with E-state index >= 15 is 0 Å². The van der Waals surface area contributed by atoms with Crippen molar-refractivity contribution in [3.05, 3.63) is 28.8 Å². The zero-order valence-corrected chi connectivity index (χ0v) is 10.8. The number of amides is 1. The van der Waals surface area contributed by atoms with E-state index in [1.165, 1.54) is 0 Å². The Morgan fingerprint density at radius 3 is 2.76 bits per heavy atom. The quantitative estimate of drug-likeness (QED) is 0.865. The normalized spacial score (nSPS) is 10.0. The Bertz CT molecular complexity index is 437. The van der Waals surface area contributed by atoms with E-state index in [1.54, 1.807) is 18.2 Å². The minimum absolute atomic E-state index is 0.0814. The molecule has 17 heavy (non-hydrogen) atoms. The minimum atomic E-state index is -0.929. The maximum Gasteiger partial charge on any atom is 0.313 e. The molecule has 0 unspecified atom stereocenters. The maximum absolute atomic E-state index is 11.5. The number of thioether (sulfide) groups is 1. The predicted molar refractivity (Wildman–Crippen MR) is 69.8 cm³/mol. The zero-order chi connectivity index (χ0) is 12.8. The molecular formula is C11H12ClNO3S. The minimum Gasteiger partial charge on any atom is -0.481 e. The van der Waals surface area contributed by atoms with Crippen LogP contribution in [0.15, 0.2) is 18.2 Å². The highest BCUT2D eigenvalue weighted by Crippen LogP contribution is 2.22. The van der Waals surface area contributed by atoms with Crippen molar-refractivity contribution in [2.75, 3.05) is 16.8 Å².